The summed E-state index contributed by atoms with van der Waals surface area (Å²) in [5.41, 5.74) is 4.76. The summed E-state index contributed by atoms with van der Waals surface area (Å²) in [6.45, 7) is 5.48. The Morgan fingerprint density at radius 2 is 1.83 bits per heavy atom. The summed E-state index contributed by atoms with van der Waals surface area (Å²) in [6, 6.07) is 13.7. The van der Waals surface area contributed by atoms with E-state index in [9.17, 15) is 9.59 Å². The standard InChI is InChI=1S/C22H23N3O2S2/c1-14-4-5-15(2)20(10-14)25-21(27)11-22-24-18(13-29-22)12-28-19-8-6-17(7-9-19)23-16(3)26/h4-10,13H,11-12H2,1-3H3,(H,23,26)(H,25,27). The molecule has 0 aliphatic heterocycles. The van der Waals surface area contributed by atoms with Gasteiger partial charge in [-0.05, 0) is 55.3 Å². The first-order valence-corrected chi connectivity index (χ1v) is 11.1. The highest BCUT2D eigenvalue weighted by Gasteiger charge is 2.10. The van der Waals surface area contributed by atoms with Gasteiger partial charge in [-0.2, -0.15) is 0 Å². The zero-order chi connectivity index (χ0) is 20.8. The third-order valence-corrected chi connectivity index (χ3v) is 6.08. The van der Waals surface area contributed by atoms with Gasteiger partial charge in [-0.1, -0.05) is 12.1 Å². The summed E-state index contributed by atoms with van der Waals surface area (Å²) in [5, 5.41) is 8.54. The third-order valence-electron chi connectivity index (χ3n) is 4.14. The van der Waals surface area contributed by atoms with Gasteiger partial charge in [0.25, 0.3) is 0 Å². The average molecular weight is 426 g/mol. The minimum atomic E-state index is -0.0815. The summed E-state index contributed by atoms with van der Waals surface area (Å²) < 4.78 is 0. The van der Waals surface area contributed by atoms with Gasteiger partial charge in [0, 0.05) is 34.3 Å². The lowest BCUT2D eigenvalue weighted by Crippen LogP contribution is -2.15. The number of benzene rings is 2. The number of amides is 2. The Hall–Kier alpha value is -2.64. The molecule has 2 aromatic carbocycles. The molecule has 5 nitrogen and oxygen atoms in total. The number of thiazole rings is 1. The van der Waals surface area contributed by atoms with Crippen LogP contribution in [0.15, 0.2) is 52.7 Å². The average Bonchev–Trinajstić information content (AvgIpc) is 3.11. The molecule has 150 valence electrons. The van der Waals surface area contributed by atoms with Gasteiger partial charge in [0.1, 0.15) is 5.01 Å². The van der Waals surface area contributed by atoms with Gasteiger partial charge in [0.2, 0.25) is 11.8 Å². The Balaban J connectivity index is 1.52. The summed E-state index contributed by atoms with van der Waals surface area (Å²) in [5.74, 6) is 0.594. The minimum absolute atomic E-state index is 0.0548. The van der Waals surface area contributed by atoms with E-state index in [1.54, 1.807) is 11.8 Å². The molecule has 2 N–H and O–H groups in total. The van der Waals surface area contributed by atoms with E-state index in [-0.39, 0.29) is 18.2 Å². The largest absolute Gasteiger partial charge is 0.326 e. The highest BCUT2D eigenvalue weighted by Crippen LogP contribution is 2.25. The number of nitrogens with one attached hydrogen (secondary N) is 2. The maximum atomic E-state index is 12.4. The first-order valence-electron chi connectivity index (χ1n) is 9.20. The second kappa shape index (κ2) is 9.71. The number of hydrogen-bond acceptors (Lipinski definition) is 5. The normalized spacial score (nSPS) is 10.6. The second-order valence-electron chi connectivity index (χ2n) is 6.77. The molecule has 0 aliphatic rings. The van der Waals surface area contributed by atoms with Gasteiger partial charge in [0.15, 0.2) is 0 Å². The molecule has 0 atom stereocenters. The summed E-state index contributed by atoms with van der Waals surface area (Å²) in [4.78, 5) is 29.1. The number of carbonyl (C=O) groups excluding carboxylic acids is 2. The molecule has 29 heavy (non-hydrogen) atoms. The molecule has 0 saturated carbocycles. The number of aromatic nitrogens is 1. The van der Waals surface area contributed by atoms with Crippen molar-refractivity contribution in [3.05, 3.63) is 69.7 Å². The van der Waals surface area contributed by atoms with Gasteiger partial charge in [-0.25, -0.2) is 4.98 Å². The smallest absolute Gasteiger partial charge is 0.231 e. The Morgan fingerprint density at radius 1 is 1.07 bits per heavy atom. The molecule has 0 aliphatic carbocycles. The van der Waals surface area contributed by atoms with Crippen molar-refractivity contribution in [1.29, 1.82) is 0 Å². The summed E-state index contributed by atoms with van der Waals surface area (Å²) in [6.07, 6.45) is 0.272. The predicted octanol–water partition coefficient (Wildman–Crippen LogP) is 5.19. The zero-order valence-electron chi connectivity index (χ0n) is 16.6. The second-order valence-corrected chi connectivity index (χ2v) is 8.76. The SMILES string of the molecule is CC(=O)Nc1ccc(SCc2csc(CC(=O)Nc3cc(C)ccc3C)n2)cc1. The van der Waals surface area contributed by atoms with Crippen LogP contribution < -0.4 is 10.6 Å². The Labute approximate surface area is 179 Å². The van der Waals surface area contributed by atoms with E-state index in [0.29, 0.717) is 0 Å². The van der Waals surface area contributed by atoms with Crippen molar-refractivity contribution in [2.24, 2.45) is 0 Å². The molecule has 1 aromatic heterocycles. The highest BCUT2D eigenvalue weighted by molar-refractivity contribution is 7.98. The molecule has 0 spiro atoms. The summed E-state index contributed by atoms with van der Waals surface area (Å²) in [7, 11) is 0. The molecule has 3 aromatic rings. The Morgan fingerprint density at radius 3 is 2.55 bits per heavy atom. The highest BCUT2D eigenvalue weighted by atomic mass is 32.2. The van der Waals surface area contributed by atoms with E-state index in [2.05, 4.69) is 15.6 Å². The fraction of sp³-hybridized carbons (Fsp3) is 0.227. The molecule has 0 bridgehead atoms. The molecular formula is C22H23N3O2S2. The number of carbonyl (C=O) groups is 2. The predicted molar refractivity (Wildman–Crippen MR) is 121 cm³/mol. The molecule has 0 saturated heterocycles. The molecular weight excluding hydrogens is 402 g/mol. The number of nitrogens with zero attached hydrogens (tertiary/aromatic N) is 1. The molecule has 7 heteroatoms. The summed E-state index contributed by atoms with van der Waals surface area (Å²) >= 11 is 3.18. The van der Waals surface area contributed by atoms with Crippen molar-refractivity contribution in [1.82, 2.24) is 4.98 Å². The number of anilines is 2. The van der Waals surface area contributed by atoms with Crippen LogP contribution in [-0.4, -0.2) is 16.8 Å². The van der Waals surface area contributed by atoms with Crippen LogP contribution in [0.25, 0.3) is 0 Å². The first kappa shape index (κ1) is 21.1. The van der Waals surface area contributed by atoms with Gasteiger partial charge in [-0.15, -0.1) is 23.1 Å². The van der Waals surface area contributed by atoms with Gasteiger partial charge >= 0.3 is 0 Å². The quantitative estimate of drug-likeness (QED) is 0.511. The van der Waals surface area contributed by atoms with Crippen molar-refractivity contribution < 1.29 is 9.59 Å². The van der Waals surface area contributed by atoms with E-state index >= 15 is 0 Å². The van der Waals surface area contributed by atoms with Crippen molar-refractivity contribution in [3.8, 4) is 0 Å². The van der Waals surface area contributed by atoms with Crippen LogP contribution in [0.4, 0.5) is 11.4 Å². The lowest BCUT2D eigenvalue weighted by Gasteiger charge is -2.08. The monoisotopic (exact) mass is 425 g/mol. The maximum absolute atomic E-state index is 12.4. The lowest BCUT2D eigenvalue weighted by molar-refractivity contribution is -0.116. The van der Waals surface area contributed by atoms with Crippen LogP contribution in [0.2, 0.25) is 0 Å². The van der Waals surface area contributed by atoms with E-state index in [1.165, 1.54) is 18.3 Å². The van der Waals surface area contributed by atoms with Crippen molar-refractivity contribution in [2.75, 3.05) is 10.6 Å². The van der Waals surface area contributed by atoms with Crippen molar-refractivity contribution in [3.63, 3.8) is 0 Å². The van der Waals surface area contributed by atoms with Crippen LogP contribution >= 0.6 is 23.1 Å². The third kappa shape index (κ3) is 6.44. The zero-order valence-corrected chi connectivity index (χ0v) is 18.2. The molecule has 0 fully saturated rings. The maximum Gasteiger partial charge on any atom is 0.231 e. The van der Waals surface area contributed by atoms with Crippen LogP contribution in [-0.2, 0) is 21.8 Å². The van der Waals surface area contributed by atoms with Gasteiger partial charge in [-0.3, -0.25) is 9.59 Å². The lowest BCUT2D eigenvalue weighted by atomic mass is 10.1. The fourth-order valence-corrected chi connectivity index (χ4v) is 4.38. The van der Waals surface area contributed by atoms with Crippen molar-refractivity contribution in [2.45, 2.75) is 37.8 Å². The van der Waals surface area contributed by atoms with E-state index < -0.39 is 0 Å². The number of hydrogen-bond donors (Lipinski definition) is 2. The minimum Gasteiger partial charge on any atom is -0.326 e. The molecule has 3 rings (SSSR count). The van der Waals surface area contributed by atoms with E-state index in [1.807, 2.05) is 61.7 Å². The van der Waals surface area contributed by atoms with Crippen molar-refractivity contribution >= 4 is 46.3 Å². The van der Waals surface area contributed by atoms with Crippen LogP contribution in [0.1, 0.15) is 28.8 Å². The number of rotatable bonds is 7. The Kier molecular flexibility index (Phi) is 7.06. The molecule has 2 amide bonds. The van der Waals surface area contributed by atoms with Crippen LogP contribution in [0.3, 0.4) is 0 Å². The number of thioether (sulfide) groups is 1. The first-order chi connectivity index (χ1) is 13.9. The van der Waals surface area contributed by atoms with Gasteiger partial charge < -0.3 is 10.6 Å². The Bertz CT molecular complexity index is 1010. The van der Waals surface area contributed by atoms with Crippen LogP contribution in [0.5, 0.6) is 0 Å². The number of aryl methyl sites for hydroxylation is 2. The van der Waals surface area contributed by atoms with Crippen LogP contribution in [0, 0.1) is 13.8 Å². The van der Waals surface area contributed by atoms with E-state index in [0.717, 1.165) is 43.9 Å². The molecule has 0 radical (unpaired) electrons. The topological polar surface area (TPSA) is 71.1 Å². The van der Waals surface area contributed by atoms with E-state index in [4.69, 9.17) is 0 Å². The molecule has 1 heterocycles. The van der Waals surface area contributed by atoms with Gasteiger partial charge in [0.05, 0.1) is 12.1 Å². The fourth-order valence-electron chi connectivity index (χ4n) is 2.69. The molecule has 0 unspecified atom stereocenters.